The Morgan fingerprint density at radius 1 is 1.20 bits per heavy atom. The van der Waals surface area contributed by atoms with Crippen molar-refractivity contribution in [1.29, 1.82) is 0 Å². The van der Waals surface area contributed by atoms with E-state index in [0.29, 0.717) is 0 Å². The molecular weight excluding hydrogens is 318 g/mol. The molecule has 0 aliphatic heterocycles. The SMILES string of the molecule is CC(C)CCCNc1c(Br)cccc1Br. The van der Waals surface area contributed by atoms with Crippen LogP contribution in [0.25, 0.3) is 0 Å². The fourth-order valence-corrected chi connectivity index (χ4v) is 2.67. The number of para-hydroxylation sites is 1. The maximum atomic E-state index is 3.54. The van der Waals surface area contributed by atoms with Crippen molar-refractivity contribution < 1.29 is 0 Å². The van der Waals surface area contributed by atoms with Crippen molar-refractivity contribution in [3.63, 3.8) is 0 Å². The summed E-state index contributed by atoms with van der Waals surface area (Å²) in [5.41, 5.74) is 1.15. The van der Waals surface area contributed by atoms with Crippen molar-refractivity contribution in [2.24, 2.45) is 5.92 Å². The third kappa shape index (κ3) is 4.56. The number of halogens is 2. The van der Waals surface area contributed by atoms with Gasteiger partial charge in [0.2, 0.25) is 0 Å². The molecule has 0 amide bonds. The Kier molecular flexibility index (Phi) is 5.69. The third-order valence-corrected chi connectivity index (χ3v) is 3.54. The molecule has 84 valence electrons. The minimum atomic E-state index is 0.787. The lowest BCUT2D eigenvalue weighted by atomic mass is 10.1. The highest BCUT2D eigenvalue weighted by molar-refractivity contribution is 9.11. The molecule has 1 aromatic rings. The van der Waals surface area contributed by atoms with Crippen LogP contribution < -0.4 is 5.32 Å². The van der Waals surface area contributed by atoms with Gasteiger partial charge >= 0.3 is 0 Å². The van der Waals surface area contributed by atoms with Crippen molar-refractivity contribution in [3.05, 3.63) is 27.1 Å². The van der Waals surface area contributed by atoms with Crippen LogP contribution in [0, 0.1) is 5.92 Å². The smallest absolute Gasteiger partial charge is 0.0628 e. The van der Waals surface area contributed by atoms with Crippen LogP contribution in [0.4, 0.5) is 5.69 Å². The molecule has 3 heteroatoms. The number of hydrogen-bond acceptors (Lipinski definition) is 1. The molecule has 0 bridgehead atoms. The Labute approximate surface area is 109 Å². The largest absolute Gasteiger partial charge is 0.383 e. The number of hydrogen-bond donors (Lipinski definition) is 1. The topological polar surface area (TPSA) is 12.0 Å². The van der Waals surface area contributed by atoms with Gasteiger partial charge in [0.25, 0.3) is 0 Å². The number of rotatable bonds is 5. The van der Waals surface area contributed by atoms with E-state index in [1.807, 2.05) is 6.07 Å². The maximum Gasteiger partial charge on any atom is 0.0628 e. The fraction of sp³-hybridized carbons (Fsp3) is 0.500. The molecule has 15 heavy (non-hydrogen) atoms. The maximum absolute atomic E-state index is 3.54. The number of benzene rings is 1. The van der Waals surface area contributed by atoms with Crippen LogP contribution in [-0.4, -0.2) is 6.54 Å². The molecule has 0 aromatic heterocycles. The fourth-order valence-electron chi connectivity index (χ4n) is 1.39. The van der Waals surface area contributed by atoms with Gasteiger partial charge in [-0.2, -0.15) is 0 Å². The van der Waals surface area contributed by atoms with Crippen molar-refractivity contribution >= 4 is 37.5 Å². The normalized spacial score (nSPS) is 10.7. The Bertz CT molecular complexity index is 290. The van der Waals surface area contributed by atoms with Crippen LogP contribution in [0.1, 0.15) is 26.7 Å². The van der Waals surface area contributed by atoms with Crippen LogP contribution in [0.2, 0.25) is 0 Å². The predicted octanol–water partition coefficient (Wildman–Crippen LogP) is 5.06. The van der Waals surface area contributed by atoms with E-state index in [2.05, 4.69) is 63.2 Å². The van der Waals surface area contributed by atoms with Gasteiger partial charge in [-0.3, -0.25) is 0 Å². The van der Waals surface area contributed by atoms with E-state index in [-0.39, 0.29) is 0 Å². The zero-order valence-electron chi connectivity index (χ0n) is 9.19. The van der Waals surface area contributed by atoms with Crippen molar-refractivity contribution in [2.45, 2.75) is 26.7 Å². The van der Waals surface area contributed by atoms with Crippen LogP contribution in [-0.2, 0) is 0 Å². The molecule has 0 radical (unpaired) electrons. The Hall–Kier alpha value is -0.0200. The molecule has 0 atom stereocenters. The van der Waals surface area contributed by atoms with E-state index in [4.69, 9.17) is 0 Å². The molecule has 0 saturated carbocycles. The zero-order valence-corrected chi connectivity index (χ0v) is 12.4. The van der Waals surface area contributed by atoms with E-state index in [0.717, 1.165) is 27.1 Å². The van der Waals surface area contributed by atoms with Crippen LogP contribution in [0.15, 0.2) is 27.1 Å². The summed E-state index contributed by atoms with van der Waals surface area (Å²) < 4.78 is 2.22. The number of anilines is 1. The molecule has 0 fully saturated rings. The molecule has 0 saturated heterocycles. The van der Waals surface area contributed by atoms with Crippen LogP contribution in [0.3, 0.4) is 0 Å². The van der Waals surface area contributed by atoms with Gasteiger partial charge in [-0.1, -0.05) is 19.9 Å². The van der Waals surface area contributed by atoms with Crippen molar-refractivity contribution in [3.8, 4) is 0 Å². The molecule has 0 aliphatic carbocycles. The van der Waals surface area contributed by atoms with Gasteiger partial charge in [0.1, 0.15) is 0 Å². The average Bonchev–Trinajstić information content (AvgIpc) is 2.15. The summed E-state index contributed by atoms with van der Waals surface area (Å²) in [5.74, 6) is 0.787. The molecule has 1 nitrogen and oxygen atoms in total. The Balaban J connectivity index is 2.43. The molecule has 1 aromatic carbocycles. The van der Waals surface area contributed by atoms with E-state index in [9.17, 15) is 0 Å². The Morgan fingerprint density at radius 3 is 2.33 bits per heavy atom. The lowest BCUT2D eigenvalue weighted by Gasteiger charge is -2.11. The summed E-state index contributed by atoms with van der Waals surface area (Å²) >= 11 is 7.07. The Morgan fingerprint density at radius 2 is 1.80 bits per heavy atom. The summed E-state index contributed by atoms with van der Waals surface area (Å²) in [5, 5.41) is 3.44. The second-order valence-electron chi connectivity index (χ2n) is 4.06. The molecule has 0 spiro atoms. The summed E-state index contributed by atoms with van der Waals surface area (Å²) in [4.78, 5) is 0. The van der Waals surface area contributed by atoms with Gasteiger partial charge in [-0.15, -0.1) is 0 Å². The highest BCUT2D eigenvalue weighted by Crippen LogP contribution is 2.30. The van der Waals surface area contributed by atoms with Gasteiger partial charge in [-0.05, 0) is 62.8 Å². The van der Waals surface area contributed by atoms with Crippen molar-refractivity contribution in [1.82, 2.24) is 0 Å². The highest BCUT2D eigenvalue weighted by atomic mass is 79.9. The van der Waals surface area contributed by atoms with Crippen molar-refractivity contribution in [2.75, 3.05) is 11.9 Å². The molecule has 0 heterocycles. The molecular formula is C12H17Br2N. The lowest BCUT2D eigenvalue weighted by Crippen LogP contribution is -2.04. The van der Waals surface area contributed by atoms with Gasteiger partial charge < -0.3 is 5.32 Å². The average molecular weight is 335 g/mol. The van der Waals surface area contributed by atoms with Gasteiger partial charge in [0, 0.05) is 15.5 Å². The zero-order chi connectivity index (χ0) is 11.3. The van der Waals surface area contributed by atoms with E-state index in [1.165, 1.54) is 12.8 Å². The first-order chi connectivity index (χ1) is 7.11. The first kappa shape index (κ1) is 13.0. The predicted molar refractivity (Wildman–Crippen MR) is 74.4 cm³/mol. The van der Waals surface area contributed by atoms with Crippen LogP contribution >= 0.6 is 31.9 Å². The number of nitrogens with one attached hydrogen (secondary N) is 1. The molecule has 1 rings (SSSR count). The second kappa shape index (κ2) is 6.54. The minimum absolute atomic E-state index is 0.787. The summed E-state index contributed by atoms with van der Waals surface area (Å²) in [7, 11) is 0. The van der Waals surface area contributed by atoms with Crippen LogP contribution in [0.5, 0.6) is 0 Å². The summed E-state index contributed by atoms with van der Waals surface area (Å²) in [6, 6.07) is 6.12. The quantitative estimate of drug-likeness (QED) is 0.742. The molecule has 1 N–H and O–H groups in total. The standard InChI is InChI=1S/C12H17Br2N/c1-9(2)5-4-8-15-12-10(13)6-3-7-11(12)14/h3,6-7,9,15H,4-5,8H2,1-2H3. The van der Waals surface area contributed by atoms with E-state index in [1.54, 1.807) is 0 Å². The molecule has 0 aliphatic rings. The van der Waals surface area contributed by atoms with E-state index < -0.39 is 0 Å². The summed E-state index contributed by atoms with van der Waals surface area (Å²) in [6.07, 6.45) is 2.49. The second-order valence-corrected chi connectivity index (χ2v) is 5.77. The van der Waals surface area contributed by atoms with Gasteiger partial charge in [0.05, 0.1) is 5.69 Å². The minimum Gasteiger partial charge on any atom is -0.383 e. The van der Waals surface area contributed by atoms with Gasteiger partial charge in [0.15, 0.2) is 0 Å². The highest BCUT2D eigenvalue weighted by Gasteiger charge is 2.03. The first-order valence-corrected chi connectivity index (χ1v) is 6.87. The third-order valence-electron chi connectivity index (χ3n) is 2.22. The monoisotopic (exact) mass is 333 g/mol. The van der Waals surface area contributed by atoms with E-state index >= 15 is 0 Å². The lowest BCUT2D eigenvalue weighted by molar-refractivity contribution is 0.567. The summed E-state index contributed by atoms with van der Waals surface area (Å²) in [6.45, 7) is 5.54. The molecule has 0 unspecified atom stereocenters. The van der Waals surface area contributed by atoms with Gasteiger partial charge in [-0.25, -0.2) is 0 Å². The first-order valence-electron chi connectivity index (χ1n) is 5.29.